The summed E-state index contributed by atoms with van der Waals surface area (Å²) >= 11 is 0. The van der Waals surface area contributed by atoms with Crippen LogP contribution in [0.4, 0.5) is 0 Å². The van der Waals surface area contributed by atoms with Crippen LogP contribution in [0.3, 0.4) is 0 Å². The molecular formula is C30H52N2O4S2. The lowest BCUT2D eigenvalue weighted by Gasteiger charge is -2.59. The van der Waals surface area contributed by atoms with Crippen LogP contribution in [0.2, 0.25) is 0 Å². The number of esters is 2. The van der Waals surface area contributed by atoms with Gasteiger partial charge in [-0.25, -0.2) is 18.2 Å². The minimum Gasteiger partial charge on any atom is -0.459 e. The monoisotopic (exact) mass is 568 g/mol. The van der Waals surface area contributed by atoms with Crippen LogP contribution < -0.4 is 0 Å². The quantitative estimate of drug-likeness (QED) is 0.107. The number of rotatable bonds is 11. The first-order valence-electron chi connectivity index (χ1n) is 14.2. The second-order valence-corrected chi connectivity index (χ2v) is 14.6. The van der Waals surface area contributed by atoms with Crippen LogP contribution in [0, 0.1) is 0 Å². The SMILES string of the molecule is C=C(C)C(=O)OC1CC(C)(C)N(SSN2C(CC)(CC)CC(OC(=O)C(=C)C)CC2(CC)CC)C(C)(C)C1. The molecule has 2 aliphatic heterocycles. The smallest absolute Gasteiger partial charge is 0.333 e. The Bertz CT molecular complexity index is 853. The predicted octanol–water partition coefficient (Wildman–Crippen LogP) is 8.04. The molecule has 2 rings (SSSR count). The van der Waals surface area contributed by atoms with Gasteiger partial charge < -0.3 is 9.47 Å². The van der Waals surface area contributed by atoms with Gasteiger partial charge in [0.2, 0.25) is 0 Å². The van der Waals surface area contributed by atoms with Gasteiger partial charge in [0.1, 0.15) is 12.2 Å². The average Bonchev–Trinajstić information content (AvgIpc) is 2.82. The van der Waals surface area contributed by atoms with Crippen LogP contribution in [0.1, 0.15) is 121 Å². The standard InChI is InChI=1S/C30H52N2O4S2/c1-13-29(14-2)19-24(36-26(34)22(7)8)20-30(15-3,16-4)32(29)38-37-31-27(9,10)17-23(18-28(31,11)12)35-25(33)21(5)6/h23-24H,5,7,13-20H2,1-4,6,8-12H3. The van der Waals surface area contributed by atoms with Crippen molar-refractivity contribution in [1.82, 2.24) is 8.61 Å². The minimum absolute atomic E-state index is 0.0917. The third kappa shape index (κ3) is 7.02. The average molecular weight is 569 g/mol. The van der Waals surface area contributed by atoms with Crippen molar-refractivity contribution in [3.63, 3.8) is 0 Å². The highest BCUT2D eigenvalue weighted by atomic mass is 33.1. The maximum Gasteiger partial charge on any atom is 0.333 e. The van der Waals surface area contributed by atoms with Crippen LogP contribution in [-0.4, -0.2) is 54.9 Å². The lowest BCUT2D eigenvalue weighted by molar-refractivity contribution is -0.154. The summed E-state index contributed by atoms with van der Waals surface area (Å²) in [4.78, 5) is 24.8. The van der Waals surface area contributed by atoms with Crippen molar-refractivity contribution in [3.05, 3.63) is 24.3 Å². The Balaban J connectivity index is 2.34. The van der Waals surface area contributed by atoms with Crippen LogP contribution >= 0.6 is 22.0 Å². The zero-order chi connectivity index (χ0) is 29.1. The van der Waals surface area contributed by atoms with Crippen molar-refractivity contribution in [1.29, 1.82) is 0 Å². The van der Waals surface area contributed by atoms with Crippen LogP contribution in [0.15, 0.2) is 24.3 Å². The van der Waals surface area contributed by atoms with Gasteiger partial charge in [-0.2, -0.15) is 0 Å². The van der Waals surface area contributed by atoms with Crippen LogP contribution in [0.25, 0.3) is 0 Å². The molecule has 0 amide bonds. The number of ether oxygens (including phenoxy) is 2. The third-order valence-electron chi connectivity index (χ3n) is 8.69. The van der Waals surface area contributed by atoms with E-state index in [0.29, 0.717) is 11.1 Å². The Morgan fingerprint density at radius 2 is 1.00 bits per heavy atom. The zero-order valence-corrected chi connectivity index (χ0v) is 27.2. The maximum atomic E-state index is 12.5. The summed E-state index contributed by atoms with van der Waals surface area (Å²) in [5.74, 6) is -0.593. The fourth-order valence-electron chi connectivity index (χ4n) is 6.51. The normalized spacial score (nSPS) is 23.5. The Morgan fingerprint density at radius 3 is 1.32 bits per heavy atom. The van der Waals surface area contributed by atoms with Gasteiger partial charge in [-0.1, -0.05) is 40.9 Å². The fourth-order valence-corrected chi connectivity index (χ4v) is 10.7. The first-order valence-corrected chi connectivity index (χ1v) is 16.3. The Kier molecular flexibility index (Phi) is 11.1. The number of carbonyl (C=O) groups excluding carboxylic acids is 2. The van der Waals surface area contributed by atoms with E-state index in [4.69, 9.17) is 9.47 Å². The van der Waals surface area contributed by atoms with E-state index in [0.717, 1.165) is 51.4 Å². The Morgan fingerprint density at radius 1 is 0.684 bits per heavy atom. The summed E-state index contributed by atoms with van der Waals surface area (Å²) in [7, 11) is 3.69. The molecule has 0 aromatic heterocycles. The summed E-state index contributed by atoms with van der Waals surface area (Å²) in [6.07, 6.45) is 6.82. The summed E-state index contributed by atoms with van der Waals surface area (Å²) in [6.45, 7) is 29.0. The molecule has 0 saturated carbocycles. The Labute approximate surface area is 240 Å². The van der Waals surface area contributed by atoms with Crippen LogP contribution in [0.5, 0.6) is 0 Å². The minimum atomic E-state index is -0.307. The van der Waals surface area contributed by atoms with Crippen molar-refractivity contribution in [3.8, 4) is 0 Å². The molecule has 8 heteroatoms. The molecule has 0 aliphatic carbocycles. The third-order valence-corrected chi connectivity index (χ3v) is 11.9. The van der Waals surface area contributed by atoms with Crippen molar-refractivity contribution >= 4 is 33.9 Å². The van der Waals surface area contributed by atoms with Gasteiger partial charge in [-0.3, -0.25) is 0 Å². The van der Waals surface area contributed by atoms with Crippen molar-refractivity contribution in [2.75, 3.05) is 0 Å². The predicted molar refractivity (Wildman–Crippen MR) is 161 cm³/mol. The Hall–Kier alpha value is -0.960. The van der Waals surface area contributed by atoms with E-state index in [9.17, 15) is 9.59 Å². The van der Waals surface area contributed by atoms with E-state index >= 15 is 0 Å². The molecule has 0 N–H and O–H groups in total. The first-order chi connectivity index (χ1) is 17.5. The lowest BCUT2D eigenvalue weighted by atomic mass is 9.72. The molecule has 0 atom stereocenters. The van der Waals surface area contributed by atoms with E-state index in [-0.39, 0.29) is 46.3 Å². The molecule has 0 radical (unpaired) electrons. The number of carbonyl (C=O) groups is 2. The molecule has 2 aliphatic rings. The largest absolute Gasteiger partial charge is 0.459 e. The first kappa shape index (κ1) is 33.2. The second kappa shape index (κ2) is 12.7. The molecule has 0 unspecified atom stereocenters. The van der Waals surface area contributed by atoms with Crippen molar-refractivity contribution in [2.45, 2.75) is 155 Å². The number of piperidine rings is 2. The molecule has 0 spiro atoms. The van der Waals surface area contributed by atoms with Gasteiger partial charge in [0.05, 0.1) is 0 Å². The van der Waals surface area contributed by atoms with Gasteiger partial charge in [0, 0.05) is 80.9 Å². The molecule has 6 nitrogen and oxygen atoms in total. The van der Waals surface area contributed by atoms with E-state index in [1.54, 1.807) is 13.8 Å². The number of hydrogen-bond acceptors (Lipinski definition) is 8. The van der Waals surface area contributed by atoms with Gasteiger partial charge in [0.15, 0.2) is 0 Å². The molecular weight excluding hydrogens is 516 g/mol. The van der Waals surface area contributed by atoms with E-state index in [2.05, 4.69) is 77.2 Å². The highest BCUT2D eigenvalue weighted by Crippen LogP contribution is 2.56. The number of hydrogen-bond donors (Lipinski definition) is 0. The van der Waals surface area contributed by atoms with Crippen molar-refractivity contribution < 1.29 is 19.1 Å². The zero-order valence-electron chi connectivity index (χ0n) is 25.6. The molecule has 2 heterocycles. The molecule has 0 aromatic carbocycles. The molecule has 0 bridgehead atoms. The summed E-state index contributed by atoms with van der Waals surface area (Å²) < 4.78 is 17.0. The summed E-state index contributed by atoms with van der Waals surface area (Å²) in [5, 5.41) is 0. The molecule has 38 heavy (non-hydrogen) atoms. The van der Waals surface area contributed by atoms with Gasteiger partial charge in [-0.15, -0.1) is 0 Å². The highest BCUT2D eigenvalue weighted by Gasteiger charge is 2.55. The maximum absolute atomic E-state index is 12.5. The fraction of sp³-hybridized carbons (Fsp3) is 0.800. The van der Waals surface area contributed by atoms with Crippen molar-refractivity contribution in [2.24, 2.45) is 0 Å². The number of nitrogens with zero attached hydrogens (tertiary/aromatic N) is 2. The molecule has 218 valence electrons. The molecule has 0 aromatic rings. The van der Waals surface area contributed by atoms with Gasteiger partial charge >= 0.3 is 11.9 Å². The molecule has 2 saturated heterocycles. The summed E-state index contributed by atoms with van der Waals surface area (Å²) in [5.41, 5.74) is 0.345. The van der Waals surface area contributed by atoms with E-state index in [1.807, 2.05) is 22.0 Å². The van der Waals surface area contributed by atoms with Gasteiger partial charge in [0.25, 0.3) is 0 Å². The van der Waals surface area contributed by atoms with Gasteiger partial charge in [-0.05, 0) is 67.2 Å². The highest BCUT2D eigenvalue weighted by molar-refractivity contribution is 8.74. The lowest BCUT2D eigenvalue weighted by Crippen LogP contribution is -2.64. The van der Waals surface area contributed by atoms with E-state index in [1.165, 1.54) is 0 Å². The topological polar surface area (TPSA) is 59.1 Å². The summed E-state index contributed by atoms with van der Waals surface area (Å²) in [6, 6.07) is 0. The van der Waals surface area contributed by atoms with Crippen LogP contribution in [-0.2, 0) is 19.1 Å². The molecule has 2 fully saturated rings. The second-order valence-electron chi connectivity index (χ2n) is 12.7. The van der Waals surface area contributed by atoms with E-state index < -0.39 is 0 Å².